The van der Waals surface area contributed by atoms with E-state index in [-0.39, 0.29) is 11.8 Å². The van der Waals surface area contributed by atoms with Crippen LogP contribution in [0.3, 0.4) is 0 Å². The van der Waals surface area contributed by atoms with Crippen molar-refractivity contribution in [1.82, 2.24) is 0 Å². The molecule has 0 aliphatic heterocycles. The van der Waals surface area contributed by atoms with Gasteiger partial charge in [0.1, 0.15) is 0 Å². The van der Waals surface area contributed by atoms with Gasteiger partial charge in [0.2, 0.25) is 0 Å². The van der Waals surface area contributed by atoms with Gasteiger partial charge in [-0.15, -0.1) is 0 Å². The number of carboxylic acid groups (broad SMARTS) is 1. The van der Waals surface area contributed by atoms with Gasteiger partial charge >= 0.3 is 5.97 Å². The lowest BCUT2D eigenvalue weighted by Crippen LogP contribution is -2.22. The fraction of sp³-hybridized carbons (Fsp3) is 0.385. The SMILES string of the molecule is C=N.CC(C)C(Cc1ccccc1)C(=O)O. The number of aliphatic carboxylic acids is 1. The Balaban J connectivity index is 0.00000106. The van der Waals surface area contributed by atoms with E-state index in [0.29, 0.717) is 6.42 Å². The van der Waals surface area contributed by atoms with Crippen molar-refractivity contribution >= 4 is 12.7 Å². The molecule has 1 aromatic carbocycles. The molecule has 0 saturated heterocycles. The van der Waals surface area contributed by atoms with Crippen molar-refractivity contribution in [3.05, 3.63) is 35.9 Å². The smallest absolute Gasteiger partial charge is 0.307 e. The van der Waals surface area contributed by atoms with Crippen LogP contribution in [0.15, 0.2) is 30.3 Å². The van der Waals surface area contributed by atoms with Crippen LogP contribution in [-0.4, -0.2) is 17.8 Å². The maximum Gasteiger partial charge on any atom is 0.307 e. The first-order valence-corrected chi connectivity index (χ1v) is 5.23. The molecule has 88 valence electrons. The zero-order valence-corrected chi connectivity index (χ0v) is 9.81. The zero-order chi connectivity index (χ0) is 12.6. The van der Waals surface area contributed by atoms with Crippen molar-refractivity contribution in [2.24, 2.45) is 11.8 Å². The van der Waals surface area contributed by atoms with Gasteiger partial charge < -0.3 is 10.5 Å². The summed E-state index contributed by atoms with van der Waals surface area (Å²) in [4.78, 5) is 10.9. The summed E-state index contributed by atoms with van der Waals surface area (Å²) in [5.41, 5.74) is 1.09. The summed E-state index contributed by atoms with van der Waals surface area (Å²) < 4.78 is 0. The highest BCUT2D eigenvalue weighted by molar-refractivity contribution is 5.70. The number of nitrogens with one attached hydrogen (secondary N) is 1. The Morgan fingerprint density at radius 3 is 2.19 bits per heavy atom. The lowest BCUT2D eigenvalue weighted by Gasteiger charge is -2.15. The van der Waals surface area contributed by atoms with Gasteiger partial charge in [0.15, 0.2) is 0 Å². The van der Waals surface area contributed by atoms with Crippen molar-refractivity contribution in [1.29, 1.82) is 5.41 Å². The maximum atomic E-state index is 10.9. The van der Waals surface area contributed by atoms with Crippen molar-refractivity contribution in [2.75, 3.05) is 0 Å². The van der Waals surface area contributed by atoms with Crippen LogP contribution in [0.25, 0.3) is 0 Å². The second kappa shape index (κ2) is 7.63. The summed E-state index contributed by atoms with van der Waals surface area (Å²) in [5, 5.41) is 14.5. The highest BCUT2D eigenvalue weighted by Crippen LogP contribution is 2.17. The summed E-state index contributed by atoms with van der Waals surface area (Å²) >= 11 is 0. The zero-order valence-electron chi connectivity index (χ0n) is 9.81. The molecule has 1 aromatic rings. The van der Waals surface area contributed by atoms with E-state index < -0.39 is 5.97 Å². The molecule has 0 saturated carbocycles. The minimum Gasteiger partial charge on any atom is -0.481 e. The van der Waals surface area contributed by atoms with E-state index >= 15 is 0 Å². The van der Waals surface area contributed by atoms with E-state index in [4.69, 9.17) is 10.5 Å². The molecule has 1 atom stereocenters. The highest BCUT2D eigenvalue weighted by atomic mass is 16.4. The predicted molar refractivity (Wildman–Crippen MR) is 66.0 cm³/mol. The van der Waals surface area contributed by atoms with Crippen molar-refractivity contribution in [2.45, 2.75) is 20.3 Å². The van der Waals surface area contributed by atoms with Crippen LogP contribution in [0.2, 0.25) is 0 Å². The van der Waals surface area contributed by atoms with Crippen molar-refractivity contribution in [3.8, 4) is 0 Å². The monoisotopic (exact) mass is 221 g/mol. The largest absolute Gasteiger partial charge is 0.481 e. The Morgan fingerprint density at radius 1 is 1.31 bits per heavy atom. The average molecular weight is 221 g/mol. The number of hydrogen-bond donors (Lipinski definition) is 2. The Morgan fingerprint density at radius 2 is 1.81 bits per heavy atom. The average Bonchev–Trinajstić information content (AvgIpc) is 2.29. The first-order chi connectivity index (χ1) is 7.61. The number of hydrogen-bond acceptors (Lipinski definition) is 2. The lowest BCUT2D eigenvalue weighted by atomic mass is 9.89. The Labute approximate surface area is 96.6 Å². The van der Waals surface area contributed by atoms with E-state index in [9.17, 15) is 4.79 Å². The molecule has 0 aliphatic rings. The van der Waals surface area contributed by atoms with Crippen LogP contribution in [0.4, 0.5) is 0 Å². The van der Waals surface area contributed by atoms with Crippen LogP contribution < -0.4 is 0 Å². The summed E-state index contributed by atoms with van der Waals surface area (Å²) in [6.45, 7) is 6.39. The molecule has 16 heavy (non-hydrogen) atoms. The molecule has 0 aliphatic carbocycles. The third kappa shape index (κ3) is 4.73. The first-order valence-electron chi connectivity index (χ1n) is 5.23. The molecule has 0 heterocycles. The molecule has 0 spiro atoms. The number of benzene rings is 1. The standard InChI is InChI=1S/C12H16O2.CH3N/c1-9(2)11(12(13)14)8-10-6-4-3-5-7-10;1-2/h3-7,9,11H,8H2,1-2H3,(H,13,14);2H,1H2. The van der Waals surface area contributed by atoms with E-state index in [1.165, 1.54) is 0 Å². The van der Waals surface area contributed by atoms with Gasteiger partial charge in [0.05, 0.1) is 5.92 Å². The van der Waals surface area contributed by atoms with Gasteiger partial charge in [-0.2, -0.15) is 0 Å². The lowest BCUT2D eigenvalue weighted by molar-refractivity contribution is -0.143. The van der Waals surface area contributed by atoms with E-state index in [0.717, 1.165) is 5.56 Å². The Bertz CT molecular complexity index is 309. The molecule has 0 radical (unpaired) electrons. The molecule has 1 rings (SSSR count). The quantitative estimate of drug-likeness (QED) is 0.768. The summed E-state index contributed by atoms with van der Waals surface area (Å²) in [6.07, 6.45) is 0.619. The molecular formula is C13H19NO2. The number of carbonyl (C=O) groups is 1. The van der Waals surface area contributed by atoms with E-state index in [1.807, 2.05) is 44.2 Å². The third-order valence-electron chi connectivity index (χ3n) is 2.42. The van der Waals surface area contributed by atoms with Crippen molar-refractivity contribution in [3.63, 3.8) is 0 Å². The predicted octanol–water partition coefficient (Wildman–Crippen LogP) is 2.85. The fourth-order valence-corrected chi connectivity index (χ4v) is 1.48. The van der Waals surface area contributed by atoms with Gasteiger partial charge in [-0.25, -0.2) is 0 Å². The molecule has 3 nitrogen and oxygen atoms in total. The molecule has 0 aromatic heterocycles. The van der Waals surface area contributed by atoms with Gasteiger partial charge in [-0.3, -0.25) is 4.79 Å². The third-order valence-corrected chi connectivity index (χ3v) is 2.42. The van der Waals surface area contributed by atoms with E-state index in [1.54, 1.807) is 0 Å². The normalized spacial score (nSPS) is 11.4. The van der Waals surface area contributed by atoms with Gasteiger partial charge in [0, 0.05) is 0 Å². The highest BCUT2D eigenvalue weighted by Gasteiger charge is 2.21. The maximum absolute atomic E-state index is 10.9. The molecule has 0 amide bonds. The van der Waals surface area contributed by atoms with Crippen LogP contribution in [-0.2, 0) is 11.2 Å². The second-order valence-electron chi connectivity index (χ2n) is 3.88. The molecule has 1 unspecified atom stereocenters. The first kappa shape index (κ1) is 14.4. The summed E-state index contributed by atoms with van der Waals surface area (Å²) in [6, 6.07) is 9.76. The Hall–Kier alpha value is -1.64. The minimum atomic E-state index is -0.705. The molecular weight excluding hydrogens is 202 g/mol. The molecule has 0 fully saturated rings. The van der Waals surface area contributed by atoms with Crippen LogP contribution in [0, 0.1) is 17.2 Å². The summed E-state index contributed by atoms with van der Waals surface area (Å²) in [7, 11) is 0. The second-order valence-corrected chi connectivity index (χ2v) is 3.88. The van der Waals surface area contributed by atoms with Gasteiger partial charge in [-0.05, 0) is 24.6 Å². The van der Waals surface area contributed by atoms with Gasteiger partial charge in [0.25, 0.3) is 0 Å². The molecule has 2 N–H and O–H groups in total. The summed E-state index contributed by atoms with van der Waals surface area (Å²) in [5.74, 6) is -0.811. The minimum absolute atomic E-state index is 0.174. The van der Waals surface area contributed by atoms with Crippen LogP contribution >= 0.6 is 0 Å². The fourth-order valence-electron chi connectivity index (χ4n) is 1.48. The molecule has 3 heteroatoms. The number of carboxylic acids is 1. The van der Waals surface area contributed by atoms with E-state index in [2.05, 4.69) is 6.72 Å². The van der Waals surface area contributed by atoms with Crippen LogP contribution in [0.1, 0.15) is 19.4 Å². The number of rotatable bonds is 4. The molecule has 0 bridgehead atoms. The Kier molecular flexibility index (Phi) is 6.84. The topological polar surface area (TPSA) is 61.2 Å². The van der Waals surface area contributed by atoms with Gasteiger partial charge in [-0.1, -0.05) is 44.2 Å². The van der Waals surface area contributed by atoms with Crippen LogP contribution in [0.5, 0.6) is 0 Å². The van der Waals surface area contributed by atoms with Crippen molar-refractivity contribution < 1.29 is 9.90 Å².